The second kappa shape index (κ2) is 6.58. The minimum absolute atomic E-state index is 0.0755. The Labute approximate surface area is 143 Å². The fourth-order valence-corrected chi connectivity index (χ4v) is 4.19. The van der Waals surface area contributed by atoms with E-state index in [0.717, 1.165) is 23.6 Å². The number of carbonyl (C=O) groups is 1. The molecule has 0 N–H and O–H groups in total. The summed E-state index contributed by atoms with van der Waals surface area (Å²) < 4.78 is 7.51. The van der Waals surface area contributed by atoms with Crippen molar-refractivity contribution in [3.63, 3.8) is 0 Å². The molecule has 0 amide bonds. The van der Waals surface area contributed by atoms with Crippen molar-refractivity contribution in [2.24, 2.45) is 5.92 Å². The number of aryl methyl sites for hydroxylation is 1. The van der Waals surface area contributed by atoms with Gasteiger partial charge in [0.05, 0.1) is 0 Å². The number of halogens is 1. The summed E-state index contributed by atoms with van der Waals surface area (Å²) in [6, 6.07) is 6.44. The average Bonchev–Trinajstić information content (AvgIpc) is 2.43. The summed E-state index contributed by atoms with van der Waals surface area (Å²) in [6.07, 6.45) is 3.05. The van der Waals surface area contributed by atoms with Gasteiger partial charge in [0.2, 0.25) is 0 Å². The van der Waals surface area contributed by atoms with Crippen LogP contribution in [-0.4, -0.2) is 21.2 Å². The monoisotopic (exact) mass is 382 g/mol. The highest BCUT2D eigenvalue weighted by atomic mass is 79.9. The quantitative estimate of drug-likeness (QED) is 0.520. The minimum Gasteiger partial charge on any atom is -0.416 e. The molecule has 0 aromatic heterocycles. The molecular formula is C18H27BrO2Si. The molecule has 1 aliphatic rings. The molecule has 0 spiro atoms. The standard InChI is InChI=1S/C18H27BrO2Si/c1-18(2,3)22(4,5)21-12-17-14(11-20)7-6-13-8-9-15(19)10-16(13)17/h8-11,14,17H,6-7,12H2,1-5H3/t14-,17-/m1/s1. The summed E-state index contributed by atoms with van der Waals surface area (Å²) >= 11 is 3.56. The SMILES string of the molecule is CC(C)(C)[Si](C)(C)OC[C@H]1c2cc(Br)ccc2CC[C@@H]1C=O. The third-order valence-corrected chi connectivity index (χ3v) is 10.4. The zero-order valence-corrected chi connectivity index (χ0v) is 16.9. The molecule has 2 nitrogen and oxygen atoms in total. The first-order valence-electron chi connectivity index (χ1n) is 8.03. The van der Waals surface area contributed by atoms with Gasteiger partial charge in [-0.3, -0.25) is 0 Å². The number of hydrogen-bond donors (Lipinski definition) is 0. The van der Waals surface area contributed by atoms with E-state index in [-0.39, 0.29) is 16.9 Å². The number of rotatable bonds is 4. The lowest BCUT2D eigenvalue weighted by atomic mass is 9.76. The van der Waals surface area contributed by atoms with E-state index >= 15 is 0 Å². The van der Waals surface area contributed by atoms with Crippen LogP contribution in [0.25, 0.3) is 0 Å². The molecule has 0 saturated carbocycles. The van der Waals surface area contributed by atoms with Crippen molar-refractivity contribution in [2.45, 2.75) is 57.7 Å². The maximum Gasteiger partial charge on any atom is 0.192 e. The topological polar surface area (TPSA) is 26.3 Å². The van der Waals surface area contributed by atoms with E-state index in [1.165, 1.54) is 11.1 Å². The van der Waals surface area contributed by atoms with Crippen LogP contribution >= 0.6 is 15.9 Å². The molecule has 0 radical (unpaired) electrons. The number of hydrogen-bond acceptors (Lipinski definition) is 2. The molecule has 0 bridgehead atoms. The fraction of sp³-hybridized carbons (Fsp3) is 0.611. The van der Waals surface area contributed by atoms with Gasteiger partial charge in [0.1, 0.15) is 6.29 Å². The van der Waals surface area contributed by atoms with Crippen LogP contribution < -0.4 is 0 Å². The van der Waals surface area contributed by atoms with Crippen molar-refractivity contribution in [1.29, 1.82) is 0 Å². The van der Waals surface area contributed by atoms with Crippen LogP contribution in [-0.2, 0) is 15.6 Å². The Morgan fingerprint density at radius 3 is 2.64 bits per heavy atom. The van der Waals surface area contributed by atoms with Gasteiger partial charge in [-0.1, -0.05) is 42.8 Å². The predicted octanol–water partition coefficient (Wildman–Crippen LogP) is 5.32. The third-order valence-electron chi connectivity index (χ3n) is 5.38. The lowest BCUT2D eigenvalue weighted by Gasteiger charge is -2.39. The van der Waals surface area contributed by atoms with Crippen LogP contribution in [0, 0.1) is 5.92 Å². The number of carbonyl (C=O) groups excluding carboxylic acids is 1. The molecule has 0 heterocycles. The number of aldehydes is 1. The van der Waals surface area contributed by atoms with Crippen molar-refractivity contribution in [3.8, 4) is 0 Å². The Morgan fingerprint density at radius 2 is 2.05 bits per heavy atom. The van der Waals surface area contributed by atoms with Gasteiger partial charge in [0.15, 0.2) is 8.32 Å². The van der Waals surface area contributed by atoms with E-state index in [2.05, 4.69) is 68.0 Å². The lowest BCUT2D eigenvalue weighted by molar-refractivity contribution is -0.112. The van der Waals surface area contributed by atoms with E-state index < -0.39 is 8.32 Å². The molecule has 1 aliphatic carbocycles. The van der Waals surface area contributed by atoms with Crippen LogP contribution in [0.15, 0.2) is 22.7 Å². The minimum atomic E-state index is -1.79. The first-order valence-corrected chi connectivity index (χ1v) is 11.7. The average molecular weight is 383 g/mol. The van der Waals surface area contributed by atoms with Crippen molar-refractivity contribution >= 4 is 30.5 Å². The zero-order valence-electron chi connectivity index (χ0n) is 14.3. The molecule has 1 aromatic rings. The number of fused-ring (bicyclic) bond motifs is 1. The van der Waals surface area contributed by atoms with Crippen LogP contribution in [0.1, 0.15) is 44.2 Å². The summed E-state index contributed by atoms with van der Waals surface area (Å²) in [5.74, 6) is 0.263. The zero-order chi connectivity index (χ0) is 16.5. The first kappa shape index (κ1) is 17.9. The summed E-state index contributed by atoms with van der Waals surface area (Å²) in [6.45, 7) is 12.0. The molecule has 1 aromatic carbocycles. The van der Waals surface area contributed by atoms with Crippen LogP contribution in [0.5, 0.6) is 0 Å². The van der Waals surface area contributed by atoms with Gasteiger partial charge in [0.25, 0.3) is 0 Å². The molecule has 2 rings (SSSR count). The molecule has 0 aliphatic heterocycles. The van der Waals surface area contributed by atoms with Crippen LogP contribution in [0.3, 0.4) is 0 Å². The molecule has 22 heavy (non-hydrogen) atoms. The fourth-order valence-electron chi connectivity index (χ4n) is 2.78. The Kier molecular flexibility index (Phi) is 5.35. The van der Waals surface area contributed by atoms with Crippen LogP contribution in [0.2, 0.25) is 18.1 Å². The lowest BCUT2D eigenvalue weighted by Crippen LogP contribution is -2.42. The second-order valence-electron chi connectivity index (χ2n) is 7.86. The normalized spacial score (nSPS) is 22.3. The molecule has 0 unspecified atom stereocenters. The summed E-state index contributed by atoms with van der Waals surface area (Å²) in [7, 11) is -1.79. The molecule has 0 fully saturated rings. The van der Waals surface area contributed by atoms with Gasteiger partial charge < -0.3 is 9.22 Å². The van der Waals surface area contributed by atoms with Gasteiger partial charge in [-0.25, -0.2) is 0 Å². The van der Waals surface area contributed by atoms with Gasteiger partial charge in [-0.2, -0.15) is 0 Å². The Morgan fingerprint density at radius 1 is 1.36 bits per heavy atom. The second-order valence-corrected chi connectivity index (χ2v) is 13.6. The van der Waals surface area contributed by atoms with Gasteiger partial charge in [-0.05, 0) is 54.2 Å². The first-order chi connectivity index (χ1) is 10.2. The summed E-state index contributed by atoms with van der Waals surface area (Å²) in [5, 5.41) is 0.193. The molecule has 0 saturated heterocycles. The van der Waals surface area contributed by atoms with E-state index in [0.29, 0.717) is 6.61 Å². The Hall–Kier alpha value is -0.453. The predicted molar refractivity (Wildman–Crippen MR) is 97.9 cm³/mol. The van der Waals surface area contributed by atoms with E-state index in [4.69, 9.17) is 4.43 Å². The molecular weight excluding hydrogens is 356 g/mol. The van der Waals surface area contributed by atoms with Gasteiger partial charge in [0, 0.05) is 22.9 Å². The highest BCUT2D eigenvalue weighted by Crippen LogP contribution is 2.41. The summed E-state index contributed by atoms with van der Waals surface area (Å²) in [5.41, 5.74) is 2.65. The van der Waals surface area contributed by atoms with Crippen molar-refractivity contribution < 1.29 is 9.22 Å². The number of benzene rings is 1. The van der Waals surface area contributed by atoms with Crippen molar-refractivity contribution in [1.82, 2.24) is 0 Å². The van der Waals surface area contributed by atoms with Crippen LogP contribution in [0.4, 0.5) is 0 Å². The maximum absolute atomic E-state index is 11.5. The van der Waals surface area contributed by atoms with Crippen molar-refractivity contribution in [2.75, 3.05) is 6.61 Å². The Bertz CT molecular complexity index is 549. The van der Waals surface area contributed by atoms with E-state index in [9.17, 15) is 4.79 Å². The van der Waals surface area contributed by atoms with E-state index in [1.54, 1.807) is 0 Å². The molecule has 4 heteroatoms. The van der Waals surface area contributed by atoms with Crippen molar-refractivity contribution in [3.05, 3.63) is 33.8 Å². The largest absolute Gasteiger partial charge is 0.416 e. The highest BCUT2D eigenvalue weighted by molar-refractivity contribution is 9.10. The molecule has 2 atom stereocenters. The maximum atomic E-state index is 11.5. The Balaban J connectivity index is 2.25. The summed E-state index contributed by atoms with van der Waals surface area (Å²) in [4.78, 5) is 11.5. The van der Waals surface area contributed by atoms with E-state index in [1.807, 2.05) is 0 Å². The smallest absolute Gasteiger partial charge is 0.192 e. The highest BCUT2D eigenvalue weighted by Gasteiger charge is 2.39. The molecule has 122 valence electrons. The van der Waals surface area contributed by atoms with Gasteiger partial charge >= 0.3 is 0 Å². The third kappa shape index (κ3) is 3.71. The van der Waals surface area contributed by atoms with Gasteiger partial charge in [-0.15, -0.1) is 0 Å².